The molecule has 2 amide bonds. The second-order valence-corrected chi connectivity index (χ2v) is 7.02. The van der Waals surface area contributed by atoms with Crippen molar-refractivity contribution in [2.45, 2.75) is 26.2 Å². The van der Waals surface area contributed by atoms with Crippen molar-refractivity contribution >= 4 is 33.4 Å². The summed E-state index contributed by atoms with van der Waals surface area (Å²) in [5.41, 5.74) is 0.718. The van der Waals surface area contributed by atoms with Gasteiger partial charge in [-0.05, 0) is 62.0 Å². The van der Waals surface area contributed by atoms with Gasteiger partial charge in [0.25, 0.3) is 0 Å². The Morgan fingerprint density at radius 3 is 2.52 bits per heavy atom. The van der Waals surface area contributed by atoms with E-state index in [2.05, 4.69) is 38.8 Å². The highest BCUT2D eigenvalue weighted by molar-refractivity contribution is 9.10. The lowest BCUT2D eigenvalue weighted by Gasteiger charge is -2.27. The van der Waals surface area contributed by atoms with Gasteiger partial charge in [-0.1, -0.05) is 22.9 Å². The number of hydrogen-bond donors (Lipinski definition) is 3. The zero-order valence-electron chi connectivity index (χ0n) is 13.4. The van der Waals surface area contributed by atoms with Crippen molar-refractivity contribution in [2.75, 3.05) is 25.0 Å². The first-order valence-corrected chi connectivity index (χ1v) is 8.86. The second kappa shape index (κ2) is 9.03. The third-order valence-electron chi connectivity index (χ3n) is 4.27. The summed E-state index contributed by atoms with van der Waals surface area (Å²) in [6.07, 6.45) is 2.73. The maximum atomic E-state index is 12.0. The number of anilines is 1. The number of carbonyl (C=O) groups excluding carboxylic acids is 2. The Kier molecular flexibility index (Phi) is 7.05. The fourth-order valence-electron chi connectivity index (χ4n) is 2.86. The van der Waals surface area contributed by atoms with Gasteiger partial charge in [-0.25, -0.2) is 0 Å². The molecule has 1 heterocycles. The van der Waals surface area contributed by atoms with Gasteiger partial charge in [0.05, 0.1) is 6.54 Å². The molecule has 1 atom stereocenters. The number of halogens is 1. The Balaban J connectivity index is 1.68. The zero-order chi connectivity index (χ0) is 16.7. The lowest BCUT2D eigenvalue weighted by atomic mass is 9.84. The van der Waals surface area contributed by atoms with E-state index in [1.54, 1.807) is 0 Å². The van der Waals surface area contributed by atoms with E-state index >= 15 is 0 Å². The summed E-state index contributed by atoms with van der Waals surface area (Å²) >= 11 is 3.34. The summed E-state index contributed by atoms with van der Waals surface area (Å²) < 4.78 is 0.954. The molecule has 1 aromatic carbocycles. The molecule has 5 nitrogen and oxygen atoms in total. The molecule has 0 spiro atoms. The SMILES string of the molecule is CC(CC(=O)NCC(=O)Nc1ccc(Br)cc1)C1CCNCC1. The van der Waals surface area contributed by atoms with Crippen LogP contribution in [0.3, 0.4) is 0 Å². The molecule has 1 aliphatic rings. The van der Waals surface area contributed by atoms with Crippen LogP contribution in [0.2, 0.25) is 0 Å². The fraction of sp³-hybridized carbons (Fsp3) is 0.529. The Labute approximate surface area is 145 Å². The molecule has 3 N–H and O–H groups in total. The largest absolute Gasteiger partial charge is 0.347 e. The summed E-state index contributed by atoms with van der Waals surface area (Å²) in [6.45, 7) is 4.20. The van der Waals surface area contributed by atoms with Gasteiger partial charge in [0.1, 0.15) is 0 Å². The molecule has 1 aliphatic heterocycles. The number of rotatable bonds is 6. The minimum Gasteiger partial charge on any atom is -0.347 e. The highest BCUT2D eigenvalue weighted by Crippen LogP contribution is 2.24. The molecular formula is C17H24BrN3O2. The minimum atomic E-state index is -0.213. The third kappa shape index (κ3) is 6.31. The van der Waals surface area contributed by atoms with E-state index in [9.17, 15) is 9.59 Å². The van der Waals surface area contributed by atoms with Gasteiger partial charge in [-0.3, -0.25) is 9.59 Å². The van der Waals surface area contributed by atoms with E-state index in [1.807, 2.05) is 24.3 Å². The monoisotopic (exact) mass is 381 g/mol. The smallest absolute Gasteiger partial charge is 0.243 e. The van der Waals surface area contributed by atoms with Gasteiger partial charge in [0.2, 0.25) is 11.8 Å². The number of nitrogens with one attached hydrogen (secondary N) is 3. The van der Waals surface area contributed by atoms with E-state index in [4.69, 9.17) is 0 Å². The van der Waals surface area contributed by atoms with Crippen LogP contribution in [0.15, 0.2) is 28.7 Å². The number of benzene rings is 1. The third-order valence-corrected chi connectivity index (χ3v) is 4.80. The van der Waals surface area contributed by atoms with Crippen molar-refractivity contribution in [1.82, 2.24) is 10.6 Å². The topological polar surface area (TPSA) is 70.2 Å². The summed E-state index contributed by atoms with van der Waals surface area (Å²) in [5.74, 6) is 0.683. The van der Waals surface area contributed by atoms with Crippen molar-refractivity contribution in [1.29, 1.82) is 0 Å². The van der Waals surface area contributed by atoms with E-state index in [-0.39, 0.29) is 18.4 Å². The Morgan fingerprint density at radius 1 is 1.22 bits per heavy atom. The highest BCUT2D eigenvalue weighted by atomic mass is 79.9. The number of carbonyl (C=O) groups is 2. The van der Waals surface area contributed by atoms with Gasteiger partial charge < -0.3 is 16.0 Å². The van der Waals surface area contributed by atoms with Crippen molar-refractivity contribution < 1.29 is 9.59 Å². The van der Waals surface area contributed by atoms with Gasteiger partial charge in [-0.15, -0.1) is 0 Å². The predicted octanol–water partition coefficient (Wildman–Crippen LogP) is 2.53. The van der Waals surface area contributed by atoms with Crippen LogP contribution in [0, 0.1) is 11.8 Å². The molecule has 1 fully saturated rings. The quantitative estimate of drug-likeness (QED) is 0.708. The zero-order valence-corrected chi connectivity index (χ0v) is 15.0. The average Bonchev–Trinajstić information content (AvgIpc) is 2.56. The molecule has 6 heteroatoms. The second-order valence-electron chi connectivity index (χ2n) is 6.10. The first kappa shape index (κ1) is 17.9. The van der Waals surface area contributed by atoms with Crippen LogP contribution >= 0.6 is 15.9 Å². The molecule has 1 unspecified atom stereocenters. The van der Waals surface area contributed by atoms with Crippen LogP contribution in [0.1, 0.15) is 26.2 Å². The summed E-state index contributed by atoms with van der Waals surface area (Å²) in [7, 11) is 0. The predicted molar refractivity (Wildman–Crippen MR) is 95.2 cm³/mol. The van der Waals surface area contributed by atoms with Crippen molar-refractivity contribution in [2.24, 2.45) is 11.8 Å². The van der Waals surface area contributed by atoms with Gasteiger partial charge in [0.15, 0.2) is 0 Å². The van der Waals surface area contributed by atoms with Crippen LogP contribution in [0.5, 0.6) is 0 Å². The van der Waals surface area contributed by atoms with Crippen molar-refractivity contribution in [3.05, 3.63) is 28.7 Å². The number of amides is 2. The Bertz CT molecular complexity index is 527. The highest BCUT2D eigenvalue weighted by Gasteiger charge is 2.22. The fourth-order valence-corrected chi connectivity index (χ4v) is 3.13. The lowest BCUT2D eigenvalue weighted by molar-refractivity contribution is -0.125. The summed E-state index contributed by atoms with van der Waals surface area (Å²) in [6, 6.07) is 7.33. The standard InChI is InChI=1S/C17H24BrN3O2/c1-12(13-6-8-19-9-7-13)10-16(22)20-11-17(23)21-15-4-2-14(18)3-5-15/h2-5,12-13,19H,6-11H2,1H3,(H,20,22)(H,21,23). The minimum absolute atomic E-state index is 0.00778. The molecule has 1 aromatic rings. The van der Waals surface area contributed by atoms with Gasteiger partial charge in [-0.2, -0.15) is 0 Å². The Morgan fingerprint density at radius 2 is 1.87 bits per heavy atom. The molecule has 1 saturated heterocycles. The first-order chi connectivity index (χ1) is 11.0. The lowest BCUT2D eigenvalue weighted by Crippen LogP contribution is -2.36. The van der Waals surface area contributed by atoms with E-state index in [0.717, 1.165) is 36.1 Å². The van der Waals surface area contributed by atoms with Crippen LogP contribution in [-0.4, -0.2) is 31.4 Å². The molecular weight excluding hydrogens is 358 g/mol. The average molecular weight is 382 g/mol. The first-order valence-electron chi connectivity index (χ1n) is 8.07. The van der Waals surface area contributed by atoms with E-state index < -0.39 is 0 Å². The molecule has 23 heavy (non-hydrogen) atoms. The molecule has 0 bridgehead atoms. The summed E-state index contributed by atoms with van der Waals surface area (Å²) in [5, 5.41) is 8.80. The maximum Gasteiger partial charge on any atom is 0.243 e. The van der Waals surface area contributed by atoms with Gasteiger partial charge in [0, 0.05) is 16.6 Å². The van der Waals surface area contributed by atoms with Crippen molar-refractivity contribution in [3.63, 3.8) is 0 Å². The Hall–Kier alpha value is -1.40. The molecule has 0 radical (unpaired) electrons. The van der Waals surface area contributed by atoms with Crippen molar-refractivity contribution in [3.8, 4) is 0 Å². The van der Waals surface area contributed by atoms with Crippen LogP contribution in [-0.2, 0) is 9.59 Å². The molecule has 0 saturated carbocycles. The molecule has 2 rings (SSSR count). The van der Waals surface area contributed by atoms with E-state index in [1.165, 1.54) is 0 Å². The number of hydrogen-bond acceptors (Lipinski definition) is 3. The number of piperidine rings is 1. The van der Waals surface area contributed by atoms with Crippen LogP contribution in [0.25, 0.3) is 0 Å². The molecule has 0 aromatic heterocycles. The molecule has 0 aliphatic carbocycles. The van der Waals surface area contributed by atoms with Gasteiger partial charge >= 0.3 is 0 Å². The summed E-state index contributed by atoms with van der Waals surface area (Å²) in [4.78, 5) is 23.8. The normalized spacial score (nSPS) is 16.6. The van der Waals surface area contributed by atoms with Crippen LogP contribution < -0.4 is 16.0 Å². The molecule has 126 valence electrons. The maximum absolute atomic E-state index is 12.0. The van der Waals surface area contributed by atoms with E-state index in [0.29, 0.717) is 18.3 Å². The van der Waals surface area contributed by atoms with Crippen LogP contribution in [0.4, 0.5) is 5.69 Å².